The molecule has 1 rings (SSSR count). The Morgan fingerprint density at radius 2 is 1.83 bits per heavy atom. The molecule has 1 aromatic heterocycles. The second kappa shape index (κ2) is 7.87. The van der Waals surface area contributed by atoms with E-state index in [-0.39, 0.29) is 6.10 Å². The largest absolute Gasteiger partial charge is 0.391 e. The third kappa shape index (κ3) is 4.87. The number of nitrogens with zero attached hydrogens (tertiary/aromatic N) is 2. The quantitative estimate of drug-likeness (QED) is 0.660. The van der Waals surface area contributed by atoms with Crippen LogP contribution in [0.3, 0.4) is 0 Å². The average Bonchev–Trinajstić information content (AvgIpc) is 2.37. The summed E-state index contributed by atoms with van der Waals surface area (Å²) in [5, 5.41) is 16.0. The first-order valence-electron chi connectivity index (χ1n) is 6.73. The maximum absolute atomic E-state index is 9.69. The lowest BCUT2D eigenvalue weighted by Gasteiger charge is -2.13. The molecular formula is C13H24N4O. The summed E-state index contributed by atoms with van der Waals surface area (Å²) in [7, 11) is 0. The minimum absolute atomic E-state index is 0.322. The standard InChI is InChI=1S/C13H24N4O/c1-4-7-10(18)9-15-13-8-12(14-6-3)16-11(5-2)17-13/h8,10,18H,4-7,9H2,1-3H3,(H2,14,15,16,17). The summed E-state index contributed by atoms with van der Waals surface area (Å²) in [6.45, 7) is 7.48. The molecule has 0 aliphatic carbocycles. The van der Waals surface area contributed by atoms with Gasteiger partial charge in [-0.3, -0.25) is 0 Å². The molecule has 1 aromatic rings. The Hall–Kier alpha value is -1.36. The first kappa shape index (κ1) is 14.7. The number of nitrogens with one attached hydrogen (secondary N) is 2. The lowest BCUT2D eigenvalue weighted by Crippen LogP contribution is -2.20. The number of anilines is 2. The van der Waals surface area contributed by atoms with Crippen LogP contribution in [-0.4, -0.2) is 34.3 Å². The zero-order valence-electron chi connectivity index (χ0n) is 11.5. The number of hydrogen-bond donors (Lipinski definition) is 3. The Labute approximate surface area is 109 Å². The lowest BCUT2D eigenvalue weighted by atomic mass is 10.2. The minimum atomic E-state index is -0.322. The summed E-state index contributed by atoms with van der Waals surface area (Å²) >= 11 is 0. The number of rotatable bonds is 8. The third-order valence-corrected chi connectivity index (χ3v) is 2.59. The minimum Gasteiger partial charge on any atom is -0.391 e. The fourth-order valence-electron chi connectivity index (χ4n) is 1.68. The van der Waals surface area contributed by atoms with E-state index in [2.05, 4.69) is 27.5 Å². The van der Waals surface area contributed by atoms with Gasteiger partial charge in [0.25, 0.3) is 0 Å². The zero-order valence-corrected chi connectivity index (χ0v) is 11.5. The fraction of sp³-hybridized carbons (Fsp3) is 0.692. The van der Waals surface area contributed by atoms with Crippen molar-refractivity contribution in [2.45, 2.75) is 46.1 Å². The molecule has 102 valence electrons. The van der Waals surface area contributed by atoms with Gasteiger partial charge in [0.15, 0.2) is 0 Å². The molecular weight excluding hydrogens is 228 g/mol. The summed E-state index contributed by atoms with van der Waals surface area (Å²) in [6, 6.07) is 1.88. The number of hydrogen-bond acceptors (Lipinski definition) is 5. The summed E-state index contributed by atoms with van der Waals surface area (Å²) in [4.78, 5) is 8.77. The van der Waals surface area contributed by atoms with Crippen LogP contribution in [0.1, 0.15) is 39.4 Å². The van der Waals surface area contributed by atoms with Crippen LogP contribution in [0, 0.1) is 0 Å². The van der Waals surface area contributed by atoms with E-state index in [4.69, 9.17) is 0 Å². The topological polar surface area (TPSA) is 70.1 Å². The monoisotopic (exact) mass is 252 g/mol. The van der Waals surface area contributed by atoms with Gasteiger partial charge >= 0.3 is 0 Å². The molecule has 1 atom stereocenters. The van der Waals surface area contributed by atoms with E-state index >= 15 is 0 Å². The first-order chi connectivity index (χ1) is 8.69. The van der Waals surface area contributed by atoms with Gasteiger partial charge in [0, 0.05) is 25.6 Å². The fourth-order valence-corrected chi connectivity index (χ4v) is 1.68. The zero-order chi connectivity index (χ0) is 13.4. The average molecular weight is 252 g/mol. The molecule has 1 heterocycles. The van der Waals surface area contributed by atoms with Gasteiger partial charge in [-0.2, -0.15) is 0 Å². The van der Waals surface area contributed by atoms with Crippen LogP contribution in [0.5, 0.6) is 0 Å². The maximum Gasteiger partial charge on any atom is 0.132 e. The van der Waals surface area contributed by atoms with Gasteiger partial charge in [0.05, 0.1) is 6.10 Å². The third-order valence-electron chi connectivity index (χ3n) is 2.59. The highest BCUT2D eigenvalue weighted by atomic mass is 16.3. The molecule has 0 spiro atoms. The van der Waals surface area contributed by atoms with Crippen molar-refractivity contribution in [1.82, 2.24) is 9.97 Å². The predicted molar refractivity (Wildman–Crippen MR) is 75.0 cm³/mol. The van der Waals surface area contributed by atoms with Gasteiger partial charge in [-0.25, -0.2) is 9.97 Å². The van der Waals surface area contributed by atoms with E-state index in [0.717, 1.165) is 43.3 Å². The normalized spacial score (nSPS) is 12.2. The molecule has 0 saturated carbocycles. The molecule has 0 saturated heterocycles. The second-order valence-electron chi connectivity index (χ2n) is 4.26. The van der Waals surface area contributed by atoms with Gasteiger partial charge < -0.3 is 15.7 Å². The van der Waals surface area contributed by atoms with E-state index in [0.29, 0.717) is 6.54 Å². The van der Waals surface area contributed by atoms with Crippen LogP contribution < -0.4 is 10.6 Å². The van der Waals surface area contributed by atoms with Crippen molar-refractivity contribution in [2.24, 2.45) is 0 Å². The van der Waals surface area contributed by atoms with Crippen molar-refractivity contribution in [2.75, 3.05) is 23.7 Å². The van der Waals surface area contributed by atoms with E-state index in [1.807, 2.05) is 19.9 Å². The van der Waals surface area contributed by atoms with Crippen molar-refractivity contribution in [3.8, 4) is 0 Å². The van der Waals surface area contributed by atoms with Crippen LogP contribution in [0.2, 0.25) is 0 Å². The maximum atomic E-state index is 9.69. The van der Waals surface area contributed by atoms with Crippen LogP contribution in [0.15, 0.2) is 6.07 Å². The molecule has 0 aliphatic heterocycles. The van der Waals surface area contributed by atoms with Crippen LogP contribution in [0.25, 0.3) is 0 Å². The number of aliphatic hydroxyl groups is 1. The Balaban J connectivity index is 2.65. The molecule has 5 heteroatoms. The molecule has 1 unspecified atom stereocenters. The van der Waals surface area contributed by atoms with Crippen molar-refractivity contribution in [3.63, 3.8) is 0 Å². The Kier molecular flexibility index (Phi) is 6.43. The summed E-state index contributed by atoms with van der Waals surface area (Å²) in [5.41, 5.74) is 0. The molecule has 5 nitrogen and oxygen atoms in total. The number of aliphatic hydroxyl groups excluding tert-OH is 1. The van der Waals surface area contributed by atoms with Crippen molar-refractivity contribution < 1.29 is 5.11 Å². The highest BCUT2D eigenvalue weighted by Crippen LogP contribution is 2.12. The van der Waals surface area contributed by atoms with Gasteiger partial charge in [-0.1, -0.05) is 20.3 Å². The van der Waals surface area contributed by atoms with E-state index < -0.39 is 0 Å². The first-order valence-corrected chi connectivity index (χ1v) is 6.73. The second-order valence-corrected chi connectivity index (χ2v) is 4.26. The lowest BCUT2D eigenvalue weighted by molar-refractivity contribution is 0.176. The molecule has 0 fully saturated rings. The summed E-state index contributed by atoms with van der Waals surface area (Å²) in [5.74, 6) is 2.41. The predicted octanol–water partition coefficient (Wildman–Crippen LogP) is 2.04. The van der Waals surface area contributed by atoms with Crippen LogP contribution in [-0.2, 0) is 6.42 Å². The highest BCUT2D eigenvalue weighted by molar-refractivity contribution is 5.47. The van der Waals surface area contributed by atoms with Gasteiger partial charge in [0.1, 0.15) is 17.5 Å². The number of aryl methyl sites for hydroxylation is 1. The molecule has 0 amide bonds. The highest BCUT2D eigenvalue weighted by Gasteiger charge is 2.05. The van der Waals surface area contributed by atoms with Crippen molar-refractivity contribution in [3.05, 3.63) is 11.9 Å². The van der Waals surface area contributed by atoms with E-state index in [1.54, 1.807) is 0 Å². The van der Waals surface area contributed by atoms with Crippen LogP contribution >= 0.6 is 0 Å². The smallest absolute Gasteiger partial charge is 0.132 e. The van der Waals surface area contributed by atoms with Crippen LogP contribution in [0.4, 0.5) is 11.6 Å². The van der Waals surface area contributed by atoms with E-state index in [1.165, 1.54) is 0 Å². The molecule has 3 N–H and O–H groups in total. The Morgan fingerprint density at radius 3 is 2.39 bits per heavy atom. The van der Waals surface area contributed by atoms with Gasteiger partial charge in [-0.15, -0.1) is 0 Å². The number of aromatic nitrogens is 2. The molecule has 18 heavy (non-hydrogen) atoms. The molecule has 0 aliphatic rings. The molecule has 0 radical (unpaired) electrons. The summed E-state index contributed by atoms with van der Waals surface area (Å²) in [6.07, 6.45) is 2.26. The Bertz CT molecular complexity index is 357. The Morgan fingerprint density at radius 1 is 1.17 bits per heavy atom. The van der Waals surface area contributed by atoms with Gasteiger partial charge in [-0.05, 0) is 13.3 Å². The van der Waals surface area contributed by atoms with E-state index in [9.17, 15) is 5.11 Å². The summed E-state index contributed by atoms with van der Waals surface area (Å²) < 4.78 is 0. The van der Waals surface area contributed by atoms with Gasteiger partial charge in [0.2, 0.25) is 0 Å². The SMILES string of the molecule is CCCC(O)CNc1cc(NCC)nc(CC)n1. The molecule has 0 bridgehead atoms. The molecule has 0 aromatic carbocycles. The van der Waals surface area contributed by atoms with Crippen molar-refractivity contribution >= 4 is 11.6 Å². The van der Waals surface area contributed by atoms with Crippen molar-refractivity contribution in [1.29, 1.82) is 0 Å².